The van der Waals surface area contributed by atoms with Gasteiger partial charge in [-0.05, 0) is 44.0 Å². The largest absolute Gasteiger partial charge is 0.394 e. The van der Waals surface area contributed by atoms with Crippen LogP contribution in [0.1, 0.15) is 19.4 Å². The second kappa shape index (κ2) is 8.01. The van der Waals surface area contributed by atoms with Crippen molar-refractivity contribution in [2.75, 3.05) is 13.2 Å². The van der Waals surface area contributed by atoms with Crippen LogP contribution >= 0.6 is 15.9 Å². The zero-order valence-electron chi connectivity index (χ0n) is 9.83. The molecule has 0 atom stereocenters. The summed E-state index contributed by atoms with van der Waals surface area (Å²) in [5.41, 5.74) is 1.33. The monoisotopic (exact) mass is 301 g/mol. The quantitative estimate of drug-likeness (QED) is 0.717. The highest BCUT2D eigenvalue weighted by Crippen LogP contribution is 2.14. The fourth-order valence-corrected chi connectivity index (χ4v) is 3.40. The van der Waals surface area contributed by atoms with E-state index in [9.17, 15) is 0 Å². The molecule has 0 heterocycles. The molecule has 0 saturated heterocycles. The fraction of sp³-hybridized carbons (Fsp3) is 0.500. The van der Waals surface area contributed by atoms with Gasteiger partial charge in [0.2, 0.25) is 0 Å². The molecule has 2 nitrogen and oxygen atoms in total. The third-order valence-corrected chi connectivity index (χ3v) is 4.49. The van der Waals surface area contributed by atoms with Crippen LogP contribution in [0.5, 0.6) is 0 Å². The molecule has 1 aromatic carbocycles. The summed E-state index contributed by atoms with van der Waals surface area (Å²) in [5.74, 6) is 0. The van der Waals surface area contributed by atoms with Crippen molar-refractivity contribution in [3.05, 3.63) is 34.3 Å². The average molecular weight is 302 g/mol. The minimum absolute atomic E-state index is 0.743. The summed E-state index contributed by atoms with van der Waals surface area (Å²) < 4.78 is 12.3. The van der Waals surface area contributed by atoms with Crippen LogP contribution in [0.15, 0.2) is 28.7 Å². The van der Waals surface area contributed by atoms with E-state index in [0.717, 1.165) is 30.2 Å². The lowest BCUT2D eigenvalue weighted by atomic mass is 10.2. The van der Waals surface area contributed by atoms with Gasteiger partial charge < -0.3 is 8.85 Å². The number of hydrogen-bond donors (Lipinski definition) is 0. The number of aryl methyl sites for hydroxylation is 1. The lowest BCUT2D eigenvalue weighted by Gasteiger charge is -2.12. The fourth-order valence-electron chi connectivity index (χ4n) is 1.45. The van der Waals surface area contributed by atoms with E-state index < -0.39 is 9.28 Å². The summed E-state index contributed by atoms with van der Waals surface area (Å²) >= 11 is 3.48. The zero-order valence-corrected chi connectivity index (χ0v) is 12.4. The molecule has 0 aliphatic rings. The van der Waals surface area contributed by atoms with E-state index in [4.69, 9.17) is 8.85 Å². The van der Waals surface area contributed by atoms with Crippen molar-refractivity contribution in [3.63, 3.8) is 0 Å². The molecule has 0 aromatic heterocycles. The number of halogens is 1. The average Bonchev–Trinajstić information content (AvgIpc) is 2.27. The van der Waals surface area contributed by atoms with Gasteiger partial charge in [0, 0.05) is 17.7 Å². The molecule has 0 amide bonds. The van der Waals surface area contributed by atoms with E-state index in [2.05, 4.69) is 34.1 Å². The van der Waals surface area contributed by atoms with E-state index in [-0.39, 0.29) is 0 Å². The highest BCUT2D eigenvalue weighted by atomic mass is 79.9. The molecule has 1 rings (SSSR count). The van der Waals surface area contributed by atoms with Crippen molar-refractivity contribution in [1.82, 2.24) is 0 Å². The predicted octanol–water partition coefficient (Wildman–Crippen LogP) is 3.55. The summed E-state index contributed by atoms with van der Waals surface area (Å²) in [5, 5.41) is 0. The molecule has 1 aromatic rings. The molecule has 16 heavy (non-hydrogen) atoms. The van der Waals surface area contributed by atoms with E-state index >= 15 is 0 Å². The Bertz CT molecular complexity index is 301. The first-order chi connectivity index (χ1) is 7.76. The summed E-state index contributed by atoms with van der Waals surface area (Å²) in [7, 11) is -1.07. The summed E-state index contributed by atoms with van der Waals surface area (Å²) in [4.78, 5) is 0. The number of benzene rings is 1. The Morgan fingerprint density at radius 1 is 1.19 bits per heavy atom. The van der Waals surface area contributed by atoms with Crippen LogP contribution < -0.4 is 0 Å². The summed E-state index contributed by atoms with van der Waals surface area (Å²) in [6.45, 7) is 5.52. The van der Waals surface area contributed by atoms with E-state index in [0.29, 0.717) is 0 Å². The van der Waals surface area contributed by atoms with Gasteiger partial charge in [-0.3, -0.25) is 0 Å². The topological polar surface area (TPSA) is 18.5 Å². The molecule has 0 N–H and O–H groups in total. The van der Waals surface area contributed by atoms with Crippen LogP contribution in [0, 0.1) is 0 Å². The Morgan fingerprint density at radius 2 is 1.88 bits per heavy atom. The van der Waals surface area contributed by atoms with Crippen molar-refractivity contribution in [1.29, 1.82) is 0 Å². The van der Waals surface area contributed by atoms with Gasteiger partial charge in [0.25, 0.3) is 0 Å². The van der Waals surface area contributed by atoms with Crippen LogP contribution in [0.25, 0.3) is 0 Å². The molecular formula is C12H18BrO2Si. The molecule has 0 bridgehead atoms. The van der Waals surface area contributed by atoms with E-state index in [1.807, 2.05) is 19.9 Å². The Kier molecular flexibility index (Phi) is 6.95. The molecule has 0 spiro atoms. The van der Waals surface area contributed by atoms with Crippen LogP contribution in [0.4, 0.5) is 0 Å². The second-order valence-corrected chi connectivity index (χ2v) is 6.10. The minimum Gasteiger partial charge on any atom is -0.394 e. The third-order valence-electron chi connectivity index (χ3n) is 2.12. The van der Waals surface area contributed by atoms with Crippen LogP contribution in [-0.4, -0.2) is 22.5 Å². The molecule has 0 fully saturated rings. The Hall–Kier alpha value is -0.163. The standard InChI is InChI=1S/C12H18BrO2Si/c1-3-14-16(15-4-2)9-8-11-6-5-7-12(13)10-11/h5-7,10H,3-4,8-9H2,1-2H3. The van der Waals surface area contributed by atoms with Crippen molar-refractivity contribution < 1.29 is 8.85 Å². The van der Waals surface area contributed by atoms with E-state index in [1.54, 1.807) is 0 Å². The molecule has 0 saturated carbocycles. The molecule has 0 aliphatic carbocycles. The van der Waals surface area contributed by atoms with E-state index in [1.165, 1.54) is 5.56 Å². The molecule has 4 heteroatoms. The molecule has 0 aliphatic heterocycles. The van der Waals surface area contributed by atoms with Crippen molar-refractivity contribution in [2.45, 2.75) is 26.3 Å². The van der Waals surface area contributed by atoms with Crippen LogP contribution in [0.3, 0.4) is 0 Å². The van der Waals surface area contributed by atoms with Crippen molar-refractivity contribution >= 4 is 25.2 Å². The third kappa shape index (κ3) is 5.25. The Labute approximate surface area is 108 Å². The molecule has 1 radical (unpaired) electrons. The second-order valence-electron chi connectivity index (χ2n) is 3.37. The lowest BCUT2D eigenvalue weighted by Crippen LogP contribution is -2.23. The summed E-state index contributed by atoms with van der Waals surface area (Å²) in [6, 6.07) is 9.40. The number of rotatable bonds is 7. The van der Waals surface area contributed by atoms with Gasteiger partial charge in [-0.1, -0.05) is 28.1 Å². The molecule has 89 valence electrons. The van der Waals surface area contributed by atoms with Gasteiger partial charge in [0.1, 0.15) is 0 Å². The van der Waals surface area contributed by atoms with Gasteiger partial charge in [0.05, 0.1) is 0 Å². The zero-order chi connectivity index (χ0) is 11.8. The Morgan fingerprint density at radius 3 is 2.44 bits per heavy atom. The maximum atomic E-state index is 5.60. The highest BCUT2D eigenvalue weighted by Gasteiger charge is 2.14. The normalized spacial score (nSPS) is 11.0. The first-order valence-electron chi connectivity index (χ1n) is 5.62. The minimum atomic E-state index is -1.07. The summed E-state index contributed by atoms with van der Waals surface area (Å²) in [6.07, 6.45) is 1.02. The van der Waals surface area contributed by atoms with Gasteiger partial charge in [0.15, 0.2) is 0 Å². The van der Waals surface area contributed by atoms with Crippen LogP contribution in [0.2, 0.25) is 6.04 Å². The van der Waals surface area contributed by atoms with Gasteiger partial charge >= 0.3 is 9.28 Å². The maximum absolute atomic E-state index is 5.60. The van der Waals surface area contributed by atoms with Gasteiger partial charge in [-0.15, -0.1) is 0 Å². The van der Waals surface area contributed by atoms with Gasteiger partial charge in [-0.25, -0.2) is 0 Å². The van der Waals surface area contributed by atoms with Crippen molar-refractivity contribution in [3.8, 4) is 0 Å². The predicted molar refractivity (Wildman–Crippen MR) is 71.7 cm³/mol. The van der Waals surface area contributed by atoms with Crippen molar-refractivity contribution in [2.24, 2.45) is 0 Å². The highest BCUT2D eigenvalue weighted by molar-refractivity contribution is 9.10. The molecule has 0 unspecified atom stereocenters. The first kappa shape index (κ1) is 13.9. The van der Waals surface area contributed by atoms with Gasteiger partial charge in [-0.2, -0.15) is 0 Å². The SMILES string of the molecule is CCO[Si](CCc1cccc(Br)c1)OCC. The maximum Gasteiger partial charge on any atom is 0.384 e. The van der Waals surface area contributed by atoms with Crippen LogP contribution in [-0.2, 0) is 15.3 Å². The smallest absolute Gasteiger partial charge is 0.384 e. The number of hydrogen-bond acceptors (Lipinski definition) is 2. The molecular weight excluding hydrogens is 284 g/mol. The Balaban J connectivity index is 2.41. The first-order valence-corrected chi connectivity index (χ1v) is 7.93. The lowest BCUT2D eigenvalue weighted by molar-refractivity contribution is 0.213.